The molecule has 1 heterocycles. The summed E-state index contributed by atoms with van der Waals surface area (Å²) in [5.74, 6) is -0.482. The largest absolute Gasteiger partial charge is 0.487 e. The number of nitrogens with zero attached hydrogens (tertiary/aromatic N) is 1. The van der Waals surface area contributed by atoms with E-state index in [1.165, 1.54) is 6.07 Å². The van der Waals surface area contributed by atoms with E-state index in [-0.39, 0.29) is 10.5 Å². The lowest BCUT2D eigenvalue weighted by Gasteiger charge is -2.09. The summed E-state index contributed by atoms with van der Waals surface area (Å²) in [6.07, 6.45) is 0. The third-order valence-electron chi connectivity index (χ3n) is 4.40. The Morgan fingerprint density at radius 2 is 1.62 bits per heavy atom. The first-order valence-electron chi connectivity index (χ1n) is 8.93. The second-order valence-electron chi connectivity index (χ2n) is 6.33. The van der Waals surface area contributed by atoms with Gasteiger partial charge >= 0.3 is 5.97 Å². The summed E-state index contributed by atoms with van der Waals surface area (Å²) in [7, 11) is -1.59. The van der Waals surface area contributed by atoms with Crippen LogP contribution in [0.4, 0.5) is 0 Å². The zero-order chi connectivity index (χ0) is 20.2. The van der Waals surface area contributed by atoms with Gasteiger partial charge in [-0.3, -0.25) is 0 Å². The number of hydrogen-bond donors (Lipinski definition) is 1. The molecule has 29 heavy (non-hydrogen) atoms. The van der Waals surface area contributed by atoms with Crippen LogP contribution in [0.2, 0.25) is 0 Å². The van der Waals surface area contributed by atoms with Gasteiger partial charge in [0.25, 0.3) is 0 Å². The molecule has 5 nitrogen and oxygen atoms in total. The van der Waals surface area contributed by atoms with Crippen molar-refractivity contribution in [1.82, 2.24) is 4.98 Å². The van der Waals surface area contributed by atoms with Gasteiger partial charge in [0.05, 0.1) is 32.5 Å². The number of hydrogen-bond acceptors (Lipinski definition) is 4. The Morgan fingerprint density at radius 3 is 2.41 bits per heavy atom. The molecule has 4 aromatic rings. The second kappa shape index (κ2) is 8.24. The van der Waals surface area contributed by atoms with Gasteiger partial charge in [0.1, 0.15) is 12.4 Å². The predicted molar refractivity (Wildman–Crippen MR) is 111 cm³/mol. The van der Waals surface area contributed by atoms with E-state index in [1.807, 2.05) is 36.4 Å². The van der Waals surface area contributed by atoms with E-state index in [1.54, 1.807) is 42.5 Å². The Labute approximate surface area is 170 Å². The molecule has 0 spiro atoms. The zero-order valence-corrected chi connectivity index (χ0v) is 16.1. The third-order valence-corrected chi connectivity index (χ3v) is 5.85. The summed E-state index contributed by atoms with van der Waals surface area (Å²) in [4.78, 5) is 16.7. The number of benzene rings is 3. The van der Waals surface area contributed by atoms with Crippen LogP contribution in [-0.4, -0.2) is 20.3 Å². The summed E-state index contributed by atoms with van der Waals surface area (Å²) < 4.78 is 18.6. The van der Waals surface area contributed by atoms with Gasteiger partial charge in [0.2, 0.25) is 0 Å². The van der Waals surface area contributed by atoms with Crippen molar-refractivity contribution >= 4 is 27.7 Å². The lowest BCUT2D eigenvalue weighted by Crippen LogP contribution is -2.04. The van der Waals surface area contributed by atoms with Crippen LogP contribution in [0.25, 0.3) is 10.9 Å². The molecule has 1 N–H and O–H groups in total. The number of fused-ring (bicyclic) bond motifs is 1. The zero-order valence-electron chi connectivity index (χ0n) is 15.3. The normalized spacial score (nSPS) is 11.9. The molecule has 0 saturated heterocycles. The maximum absolute atomic E-state index is 12.8. The molecule has 1 unspecified atom stereocenters. The van der Waals surface area contributed by atoms with Crippen LogP contribution in [0, 0.1) is 0 Å². The van der Waals surface area contributed by atoms with E-state index >= 15 is 0 Å². The van der Waals surface area contributed by atoms with Crippen LogP contribution in [0.1, 0.15) is 16.1 Å². The van der Waals surface area contributed by atoms with E-state index in [4.69, 9.17) is 4.74 Å². The van der Waals surface area contributed by atoms with Gasteiger partial charge in [-0.05, 0) is 48.5 Å². The predicted octanol–water partition coefficient (Wildman–Crippen LogP) is 4.68. The molecule has 1 atom stereocenters. The lowest BCUT2D eigenvalue weighted by atomic mass is 10.2. The minimum atomic E-state index is -1.59. The molecular formula is C23H17NO4S. The quantitative estimate of drug-likeness (QED) is 0.506. The van der Waals surface area contributed by atoms with E-state index in [0.717, 1.165) is 16.6 Å². The van der Waals surface area contributed by atoms with Crippen molar-refractivity contribution < 1.29 is 18.8 Å². The highest BCUT2D eigenvalue weighted by Crippen LogP contribution is 2.23. The maximum atomic E-state index is 12.8. The van der Waals surface area contributed by atoms with E-state index < -0.39 is 16.8 Å². The number of rotatable bonds is 6. The molecule has 0 amide bonds. The Hall–Kier alpha value is -3.51. The smallest absolute Gasteiger partial charge is 0.336 e. The van der Waals surface area contributed by atoms with Gasteiger partial charge in [-0.2, -0.15) is 0 Å². The molecule has 0 aliphatic rings. The number of aromatic carboxylic acids is 1. The Balaban J connectivity index is 1.47. The number of carbonyl (C=O) groups is 1. The van der Waals surface area contributed by atoms with Gasteiger partial charge < -0.3 is 9.84 Å². The number of pyridine rings is 1. The van der Waals surface area contributed by atoms with Gasteiger partial charge in [-0.1, -0.05) is 36.4 Å². The minimum Gasteiger partial charge on any atom is -0.487 e. The van der Waals surface area contributed by atoms with Gasteiger partial charge in [-0.25, -0.2) is 14.0 Å². The molecule has 0 radical (unpaired) electrons. The van der Waals surface area contributed by atoms with Crippen molar-refractivity contribution in [2.45, 2.75) is 16.4 Å². The summed E-state index contributed by atoms with van der Waals surface area (Å²) in [5, 5.41) is 10.4. The van der Waals surface area contributed by atoms with Crippen molar-refractivity contribution in [2.75, 3.05) is 0 Å². The summed E-state index contributed by atoms with van der Waals surface area (Å²) in [6, 6.07) is 24.9. The summed E-state index contributed by atoms with van der Waals surface area (Å²) in [6.45, 7) is 0.315. The van der Waals surface area contributed by atoms with Crippen molar-refractivity contribution in [1.29, 1.82) is 0 Å². The van der Waals surface area contributed by atoms with Crippen molar-refractivity contribution in [3.63, 3.8) is 0 Å². The molecule has 6 heteroatoms. The Kier molecular flexibility index (Phi) is 5.35. The van der Waals surface area contributed by atoms with Crippen LogP contribution in [0.15, 0.2) is 94.7 Å². The molecule has 3 aromatic carbocycles. The summed E-state index contributed by atoms with van der Waals surface area (Å²) in [5.41, 5.74) is 1.76. The van der Waals surface area contributed by atoms with Gasteiger partial charge in [-0.15, -0.1) is 0 Å². The molecule has 0 bridgehead atoms. The molecule has 1 aromatic heterocycles. The fourth-order valence-electron chi connectivity index (χ4n) is 2.94. The molecule has 0 aliphatic carbocycles. The average Bonchev–Trinajstić information content (AvgIpc) is 2.77. The van der Waals surface area contributed by atoms with E-state index in [0.29, 0.717) is 17.3 Å². The van der Waals surface area contributed by atoms with Gasteiger partial charge in [0.15, 0.2) is 0 Å². The lowest BCUT2D eigenvalue weighted by molar-refractivity contribution is 0.0693. The SMILES string of the molecule is O=C(O)c1ccccc1S(=O)c1ccc(OCc2ccc3ccccc3n2)cc1. The molecule has 4 rings (SSSR count). The Morgan fingerprint density at radius 1 is 0.897 bits per heavy atom. The number of para-hydroxylation sites is 1. The molecule has 0 aliphatic heterocycles. The van der Waals surface area contributed by atoms with Crippen LogP contribution >= 0.6 is 0 Å². The number of aromatic nitrogens is 1. The van der Waals surface area contributed by atoms with Crippen LogP contribution in [0.5, 0.6) is 5.75 Å². The first-order valence-corrected chi connectivity index (χ1v) is 10.1. The first-order chi connectivity index (χ1) is 14.1. The standard InChI is InChI=1S/C23H17NO4S/c25-23(26)20-6-2-4-8-22(20)29(27)19-13-11-18(12-14-19)28-15-17-10-9-16-5-1-3-7-21(16)24-17/h1-14H,15H2,(H,25,26). The van der Waals surface area contributed by atoms with Crippen LogP contribution in [-0.2, 0) is 17.4 Å². The molecule has 0 fully saturated rings. The number of ether oxygens (including phenoxy) is 1. The number of carboxylic acids is 1. The topological polar surface area (TPSA) is 76.5 Å². The van der Waals surface area contributed by atoms with E-state index in [9.17, 15) is 14.1 Å². The third kappa shape index (κ3) is 4.17. The minimum absolute atomic E-state index is 0.0357. The highest BCUT2D eigenvalue weighted by molar-refractivity contribution is 7.85. The maximum Gasteiger partial charge on any atom is 0.336 e. The average molecular weight is 403 g/mol. The fraction of sp³-hybridized carbons (Fsp3) is 0.0435. The van der Waals surface area contributed by atoms with Crippen LogP contribution < -0.4 is 4.74 Å². The Bertz CT molecular complexity index is 1200. The molecular weight excluding hydrogens is 386 g/mol. The molecule has 144 valence electrons. The number of carboxylic acid groups (broad SMARTS) is 1. The highest BCUT2D eigenvalue weighted by atomic mass is 32.2. The first kappa shape index (κ1) is 18.8. The monoisotopic (exact) mass is 403 g/mol. The van der Waals surface area contributed by atoms with Gasteiger partial charge in [0, 0.05) is 10.3 Å². The fourth-order valence-corrected chi connectivity index (χ4v) is 4.13. The van der Waals surface area contributed by atoms with Crippen molar-refractivity contribution in [3.8, 4) is 5.75 Å². The van der Waals surface area contributed by atoms with E-state index in [2.05, 4.69) is 4.98 Å². The van der Waals surface area contributed by atoms with Crippen molar-refractivity contribution in [3.05, 3.63) is 96.2 Å². The second-order valence-corrected chi connectivity index (χ2v) is 7.77. The molecule has 0 saturated carbocycles. The highest BCUT2D eigenvalue weighted by Gasteiger charge is 2.16. The summed E-state index contributed by atoms with van der Waals surface area (Å²) >= 11 is 0. The van der Waals surface area contributed by atoms with Crippen molar-refractivity contribution in [2.24, 2.45) is 0 Å². The van der Waals surface area contributed by atoms with Crippen LogP contribution in [0.3, 0.4) is 0 Å².